The number of amides is 1. The molecule has 0 spiro atoms. The summed E-state index contributed by atoms with van der Waals surface area (Å²) in [6, 6.07) is 8.18. The van der Waals surface area contributed by atoms with Crippen molar-refractivity contribution in [2.45, 2.75) is 68.5 Å². The molecule has 2 bridgehead atoms. The van der Waals surface area contributed by atoms with Gasteiger partial charge in [0.25, 0.3) is 0 Å². The summed E-state index contributed by atoms with van der Waals surface area (Å²) in [5.41, 5.74) is -0.0327. The van der Waals surface area contributed by atoms with Crippen LogP contribution in [-0.4, -0.2) is 36.0 Å². The van der Waals surface area contributed by atoms with E-state index < -0.39 is 5.41 Å². The first kappa shape index (κ1) is 15.1. The molecule has 4 rings (SSSR count). The molecule has 0 aromatic heterocycles. The van der Waals surface area contributed by atoms with Crippen LogP contribution in [0.1, 0.15) is 50.5 Å². The summed E-state index contributed by atoms with van der Waals surface area (Å²) in [4.78, 5) is 15.4. The van der Waals surface area contributed by atoms with Crippen LogP contribution in [0.2, 0.25) is 0 Å². The van der Waals surface area contributed by atoms with E-state index in [1.165, 1.54) is 25.3 Å². The Balaban J connectivity index is 1.47. The second-order valence-electron chi connectivity index (χ2n) is 7.61. The zero-order chi connectivity index (χ0) is 16.0. The Hall–Kier alpha value is -1.42. The van der Waals surface area contributed by atoms with E-state index in [4.69, 9.17) is 0 Å². The molecule has 0 unspecified atom stereocenters. The van der Waals surface area contributed by atoms with Gasteiger partial charge in [0.05, 0.1) is 5.41 Å². The summed E-state index contributed by atoms with van der Waals surface area (Å²) < 4.78 is 14.1. The number of carbonyl (C=O) groups excluding carboxylic acids is 1. The number of fused-ring (bicyclic) bond motifs is 2. The van der Waals surface area contributed by atoms with Crippen LogP contribution in [0.15, 0.2) is 24.3 Å². The molecule has 4 heteroatoms. The van der Waals surface area contributed by atoms with Crippen LogP contribution in [0.4, 0.5) is 4.39 Å². The Bertz CT molecular complexity index is 599. The van der Waals surface area contributed by atoms with Gasteiger partial charge in [-0.15, -0.1) is 0 Å². The highest BCUT2D eigenvalue weighted by molar-refractivity contribution is 5.91. The fourth-order valence-corrected chi connectivity index (χ4v) is 4.65. The minimum Gasteiger partial charge on any atom is -0.352 e. The van der Waals surface area contributed by atoms with Crippen LogP contribution >= 0.6 is 0 Å². The van der Waals surface area contributed by atoms with Crippen LogP contribution < -0.4 is 5.32 Å². The second kappa shape index (κ2) is 5.59. The van der Waals surface area contributed by atoms with Gasteiger partial charge in [0.2, 0.25) is 5.91 Å². The molecule has 0 radical (unpaired) electrons. The molecular weight excluding hydrogens is 291 g/mol. The first-order valence-electron chi connectivity index (χ1n) is 8.88. The van der Waals surface area contributed by atoms with E-state index in [0.29, 0.717) is 17.6 Å². The van der Waals surface area contributed by atoms with Crippen LogP contribution in [0.25, 0.3) is 0 Å². The van der Waals surface area contributed by atoms with Gasteiger partial charge in [-0.25, -0.2) is 4.39 Å². The van der Waals surface area contributed by atoms with E-state index in [9.17, 15) is 9.18 Å². The summed E-state index contributed by atoms with van der Waals surface area (Å²) in [6.45, 7) is 0. The third-order valence-corrected chi connectivity index (χ3v) is 6.25. The molecule has 1 aromatic rings. The molecule has 1 amide bonds. The second-order valence-corrected chi connectivity index (χ2v) is 7.61. The molecule has 1 N–H and O–H groups in total. The van der Waals surface area contributed by atoms with E-state index in [0.717, 1.165) is 25.7 Å². The number of hydrogen-bond acceptors (Lipinski definition) is 2. The molecule has 2 heterocycles. The van der Waals surface area contributed by atoms with E-state index in [-0.39, 0.29) is 17.8 Å². The third kappa shape index (κ3) is 2.57. The predicted octanol–water partition coefficient (Wildman–Crippen LogP) is 2.99. The first-order chi connectivity index (χ1) is 11.1. The number of hydrogen-bond donors (Lipinski definition) is 1. The maximum Gasteiger partial charge on any atom is 0.230 e. The summed E-state index contributed by atoms with van der Waals surface area (Å²) in [5, 5.41) is 3.26. The standard InChI is InChI=1S/C19H25FN2O/c1-22-14-5-4-6-15(22)12-13(11-14)21-18(23)19(9-10-19)16-7-2-3-8-17(16)20/h2-3,7-8,13-15H,4-6,9-12H2,1H3,(H,21,23)/t14-,15-/m0/s1. The largest absolute Gasteiger partial charge is 0.352 e. The molecule has 124 valence electrons. The Kier molecular flexibility index (Phi) is 3.67. The molecule has 3 fully saturated rings. The van der Waals surface area contributed by atoms with Gasteiger partial charge in [-0.1, -0.05) is 24.6 Å². The Morgan fingerprint density at radius 3 is 2.48 bits per heavy atom. The van der Waals surface area contributed by atoms with E-state index in [1.807, 2.05) is 6.07 Å². The van der Waals surface area contributed by atoms with Gasteiger partial charge in [-0.2, -0.15) is 0 Å². The van der Waals surface area contributed by atoms with E-state index >= 15 is 0 Å². The molecular formula is C19H25FN2O. The van der Waals surface area contributed by atoms with Crippen molar-refractivity contribution < 1.29 is 9.18 Å². The van der Waals surface area contributed by atoms with Crippen molar-refractivity contribution in [3.8, 4) is 0 Å². The van der Waals surface area contributed by atoms with Crippen LogP contribution in [0.3, 0.4) is 0 Å². The Morgan fingerprint density at radius 1 is 1.22 bits per heavy atom. The molecule has 1 aliphatic carbocycles. The van der Waals surface area contributed by atoms with Gasteiger partial charge in [-0.3, -0.25) is 4.79 Å². The quantitative estimate of drug-likeness (QED) is 0.930. The molecule has 3 nitrogen and oxygen atoms in total. The zero-order valence-electron chi connectivity index (χ0n) is 13.7. The fraction of sp³-hybridized carbons (Fsp3) is 0.632. The number of nitrogens with one attached hydrogen (secondary N) is 1. The molecule has 1 saturated carbocycles. The lowest BCUT2D eigenvalue weighted by atomic mass is 9.82. The highest BCUT2D eigenvalue weighted by Crippen LogP contribution is 2.49. The van der Waals surface area contributed by atoms with Gasteiger partial charge >= 0.3 is 0 Å². The lowest BCUT2D eigenvalue weighted by Crippen LogP contribution is -2.56. The SMILES string of the molecule is CN1[C@H]2CCC[C@H]1CC(NC(=O)C1(c3ccccc3F)CC1)C2. The van der Waals surface area contributed by atoms with Crippen molar-refractivity contribution in [3.63, 3.8) is 0 Å². The maximum atomic E-state index is 14.1. The normalized spacial score (nSPS) is 32.3. The molecule has 2 saturated heterocycles. The number of nitrogens with zero attached hydrogens (tertiary/aromatic N) is 1. The summed E-state index contributed by atoms with van der Waals surface area (Å²) in [6.07, 6.45) is 7.37. The van der Waals surface area contributed by atoms with E-state index in [1.54, 1.807) is 12.1 Å². The smallest absolute Gasteiger partial charge is 0.230 e. The third-order valence-electron chi connectivity index (χ3n) is 6.25. The van der Waals surface area contributed by atoms with Crippen molar-refractivity contribution in [1.29, 1.82) is 0 Å². The van der Waals surface area contributed by atoms with Crippen molar-refractivity contribution in [3.05, 3.63) is 35.6 Å². The minimum atomic E-state index is -0.607. The average molecular weight is 316 g/mol. The minimum absolute atomic E-state index is 0.0372. The number of rotatable bonds is 3. The van der Waals surface area contributed by atoms with Crippen LogP contribution in [0, 0.1) is 5.82 Å². The summed E-state index contributed by atoms with van der Waals surface area (Å²) >= 11 is 0. The molecule has 3 aliphatic rings. The lowest BCUT2D eigenvalue weighted by molar-refractivity contribution is -0.125. The fourth-order valence-electron chi connectivity index (χ4n) is 4.65. The first-order valence-corrected chi connectivity index (χ1v) is 8.88. The van der Waals surface area contributed by atoms with Gasteiger partial charge in [0.1, 0.15) is 5.82 Å². The van der Waals surface area contributed by atoms with Gasteiger partial charge < -0.3 is 10.2 Å². The van der Waals surface area contributed by atoms with E-state index in [2.05, 4.69) is 17.3 Å². The predicted molar refractivity (Wildman–Crippen MR) is 87.7 cm³/mol. The summed E-state index contributed by atoms with van der Waals surface area (Å²) in [7, 11) is 2.22. The van der Waals surface area contributed by atoms with Crippen LogP contribution in [0.5, 0.6) is 0 Å². The van der Waals surface area contributed by atoms with Crippen molar-refractivity contribution >= 4 is 5.91 Å². The molecule has 2 aliphatic heterocycles. The van der Waals surface area contributed by atoms with Crippen molar-refractivity contribution in [2.24, 2.45) is 0 Å². The van der Waals surface area contributed by atoms with Gasteiger partial charge in [0, 0.05) is 23.7 Å². The number of benzene rings is 1. The molecule has 23 heavy (non-hydrogen) atoms. The van der Waals surface area contributed by atoms with Crippen molar-refractivity contribution in [2.75, 3.05) is 7.05 Å². The van der Waals surface area contributed by atoms with Gasteiger partial charge in [0.15, 0.2) is 0 Å². The molecule has 2 atom stereocenters. The van der Waals surface area contributed by atoms with Crippen LogP contribution in [-0.2, 0) is 10.2 Å². The number of piperidine rings is 2. The monoisotopic (exact) mass is 316 g/mol. The van der Waals surface area contributed by atoms with Gasteiger partial charge in [-0.05, 0) is 51.6 Å². The number of halogens is 1. The van der Waals surface area contributed by atoms with Crippen molar-refractivity contribution in [1.82, 2.24) is 10.2 Å². The zero-order valence-corrected chi connectivity index (χ0v) is 13.7. The number of carbonyl (C=O) groups is 1. The topological polar surface area (TPSA) is 32.3 Å². The maximum absolute atomic E-state index is 14.1. The lowest BCUT2D eigenvalue weighted by Gasteiger charge is -2.47. The highest BCUT2D eigenvalue weighted by Gasteiger charge is 2.53. The Morgan fingerprint density at radius 2 is 1.87 bits per heavy atom. The average Bonchev–Trinajstić information content (AvgIpc) is 3.30. The Labute approximate surface area is 137 Å². The molecule has 1 aromatic carbocycles. The highest BCUT2D eigenvalue weighted by atomic mass is 19.1. The summed E-state index contributed by atoms with van der Waals surface area (Å²) in [5.74, 6) is -0.212.